The molecule has 1 atom stereocenters. The monoisotopic (exact) mass is 174 g/mol. The van der Waals surface area contributed by atoms with E-state index in [4.69, 9.17) is 4.74 Å². The Kier molecular flexibility index (Phi) is 2.64. The molecule has 12 heavy (non-hydrogen) atoms. The Hall–Kier alpha value is -0.680. The minimum atomic E-state index is -0.882. The molecular formula is C7H14N2O3. The number of nitro groups is 1. The van der Waals surface area contributed by atoms with E-state index < -0.39 is 5.54 Å². The third-order valence-electron chi connectivity index (χ3n) is 2.29. The van der Waals surface area contributed by atoms with Crippen molar-refractivity contribution in [2.45, 2.75) is 18.9 Å². The number of ether oxygens (including phenoxy) is 1. The lowest BCUT2D eigenvalue weighted by Gasteiger charge is -2.33. The Balaban J connectivity index is 2.71. The van der Waals surface area contributed by atoms with E-state index in [1.807, 2.05) is 18.9 Å². The maximum atomic E-state index is 10.8. The first-order valence-electron chi connectivity index (χ1n) is 4.01. The average Bonchev–Trinajstić information content (AvgIpc) is 2.04. The van der Waals surface area contributed by atoms with Crippen molar-refractivity contribution >= 4 is 0 Å². The van der Waals surface area contributed by atoms with Crippen LogP contribution in [0.4, 0.5) is 0 Å². The lowest BCUT2D eigenvalue weighted by Crippen LogP contribution is -2.55. The van der Waals surface area contributed by atoms with Gasteiger partial charge < -0.3 is 4.74 Å². The molecule has 0 bridgehead atoms. The minimum Gasteiger partial charge on any atom is -0.359 e. The van der Waals surface area contributed by atoms with Crippen LogP contribution in [0.3, 0.4) is 0 Å². The summed E-state index contributed by atoms with van der Waals surface area (Å²) in [5.74, 6) is 0. The molecule has 1 aliphatic heterocycles. The highest BCUT2D eigenvalue weighted by Gasteiger charge is 2.44. The molecule has 1 rings (SSSR count). The summed E-state index contributed by atoms with van der Waals surface area (Å²) in [5, 5.41) is 10.8. The summed E-state index contributed by atoms with van der Waals surface area (Å²) in [6, 6.07) is 0. The van der Waals surface area contributed by atoms with E-state index in [0.29, 0.717) is 19.7 Å². The van der Waals surface area contributed by atoms with E-state index in [-0.39, 0.29) is 11.5 Å². The molecule has 0 N–H and O–H groups in total. The SMILES string of the molecule is CC[C@]1([N+](=O)[O-])COCN(C)C1. The number of likely N-dealkylation sites (N-methyl/N-ethyl adjacent to an activating group) is 1. The van der Waals surface area contributed by atoms with E-state index in [9.17, 15) is 10.1 Å². The highest BCUT2D eigenvalue weighted by Crippen LogP contribution is 2.20. The summed E-state index contributed by atoms with van der Waals surface area (Å²) in [6.07, 6.45) is 0.518. The molecule has 0 aromatic heterocycles. The topological polar surface area (TPSA) is 55.6 Å². The summed E-state index contributed by atoms with van der Waals surface area (Å²) < 4.78 is 5.13. The second-order valence-electron chi connectivity index (χ2n) is 3.33. The van der Waals surface area contributed by atoms with Crippen molar-refractivity contribution in [3.63, 3.8) is 0 Å². The lowest BCUT2D eigenvalue weighted by molar-refractivity contribution is -0.581. The Labute approximate surface area is 71.4 Å². The first kappa shape index (κ1) is 9.41. The predicted octanol–water partition coefficient (Wildman–Crippen LogP) is 0.331. The van der Waals surface area contributed by atoms with Crippen molar-refractivity contribution in [1.29, 1.82) is 0 Å². The normalized spacial score (nSPS) is 31.8. The molecule has 1 aliphatic rings. The van der Waals surface area contributed by atoms with Gasteiger partial charge in [-0.25, -0.2) is 0 Å². The van der Waals surface area contributed by atoms with Crippen molar-refractivity contribution in [2.24, 2.45) is 0 Å². The van der Waals surface area contributed by atoms with Gasteiger partial charge in [0.15, 0.2) is 0 Å². The molecule has 0 aromatic rings. The van der Waals surface area contributed by atoms with Crippen LogP contribution in [0.15, 0.2) is 0 Å². The van der Waals surface area contributed by atoms with Crippen LogP contribution >= 0.6 is 0 Å². The Morgan fingerprint density at radius 3 is 2.75 bits per heavy atom. The van der Waals surface area contributed by atoms with Crippen molar-refractivity contribution in [1.82, 2.24) is 4.90 Å². The van der Waals surface area contributed by atoms with Crippen molar-refractivity contribution in [2.75, 3.05) is 26.9 Å². The first-order valence-corrected chi connectivity index (χ1v) is 4.01. The zero-order valence-corrected chi connectivity index (χ0v) is 7.45. The molecule has 0 amide bonds. The molecule has 0 saturated carbocycles. The molecule has 0 radical (unpaired) electrons. The van der Waals surface area contributed by atoms with Crippen LogP contribution in [-0.4, -0.2) is 42.3 Å². The predicted molar refractivity (Wildman–Crippen MR) is 43.5 cm³/mol. The van der Waals surface area contributed by atoms with E-state index in [1.165, 1.54) is 0 Å². The molecule has 0 spiro atoms. The second-order valence-corrected chi connectivity index (χ2v) is 3.33. The first-order chi connectivity index (χ1) is 5.60. The van der Waals surface area contributed by atoms with Gasteiger partial charge in [-0.2, -0.15) is 0 Å². The van der Waals surface area contributed by atoms with E-state index in [0.717, 1.165) is 0 Å². The molecule has 5 heteroatoms. The van der Waals surface area contributed by atoms with Gasteiger partial charge in [0, 0.05) is 11.3 Å². The van der Waals surface area contributed by atoms with Crippen LogP contribution in [0.25, 0.3) is 0 Å². The molecule has 0 unspecified atom stereocenters. The zero-order chi connectivity index (χ0) is 9.19. The maximum Gasteiger partial charge on any atom is 0.257 e. The van der Waals surface area contributed by atoms with Crippen LogP contribution in [0.5, 0.6) is 0 Å². The maximum absolute atomic E-state index is 10.8. The van der Waals surface area contributed by atoms with Gasteiger partial charge in [0.25, 0.3) is 5.54 Å². The van der Waals surface area contributed by atoms with Gasteiger partial charge in [-0.15, -0.1) is 0 Å². The van der Waals surface area contributed by atoms with Gasteiger partial charge in [-0.05, 0) is 7.05 Å². The van der Waals surface area contributed by atoms with E-state index in [2.05, 4.69) is 0 Å². The third-order valence-corrected chi connectivity index (χ3v) is 2.29. The molecule has 0 aromatic carbocycles. The van der Waals surface area contributed by atoms with Gasteiger partial charge in [0.05, 0.1) is 13.3 Å². The van der Waals surface area contributed by atoms with Crippen LogP contribution in [0, 0.1) is 10.1 Å². The zero-order valence-electron chi connectivity index (χ0n) is 7.45. The Bertz CT molecular complexity index is 185. The summed E-state index contributed by atoms with van der Waals surface area (Å²) in [4.78, 5) is 12.4. The minimum absolute atomic E-state index is 0.220. The number of hydrogen-bond acceptors (Lipinski definition) is 4. The van der Waals surface area contributed by atoms with Crippen molar-refractivity contribution < 1.29 is 9.66 Å². The van der Waals surface area contributed by atoms with Gasteiger partial charge in [-0.3, -0.25) is 15.0 Å². The Morgan fingerprint density at radius 1 is 1.75 bits per heavy atom. The number of hydrogen-bond donors (Lipinski definition) is 0. The highest BCUT2D eigenvalue weighted by molar-refractivity contribution is 4.83. The highest BCUT2D eigenvalue weighted by atomic mass is 16.6. The van der Waals surface area contributed by atoms with Gasteiger partial charge in [-0.1, -0.05) is 6.92 Å². The molecular weight excluding hydrogens is 160 g/mol. The third kappa shape index (κ3) is 1.56. The van der Waals surface area contributed by atoms with Crippen LogP contribution in [0.2, 0.25) is 0 Å². The average molecular weight is 174 g/mol. The summed E-state index contributed by atoms with van der Waals surface area (Å²) in [5.41, 5.74) is -0.882. The standard InChI is InChI=1S/C7H14N2O3/c1-3-7(9(10)11)4-8(2)6-12-5-7/h3-6H2,1-2H3/t7-/m1/s1. The van der Waals surface area contributed by atoms with Gasteiger partial charge in [0.2, 0.25) is 0 Å². The Morgan fingerprint density at radius 2 is 2.42 bits per heavy atom. The van der Waals surface area contributed by atoms with Crippen LogP contribution in [-0.2, 0) is 4.74 Å². The molecule has 0 aliphatic carbocycles. The fourth-order valence-corrected chi connectivity index (χ4v) is 1.44. The molecule has 1 heterocycles. The van der Waals surface area contributed by atoms with Crippen LogP contribution in [0.1, 0.15) is 13.3 Å². The second kappa shape index (κ2) is 3.37. The summed E-state index contributed by atoms with van der Waals surface area (Å²) >= 11 is 0. The largest absolute Gasteiger partial charge is 0.359 e. The quantitative estimate of drug-likeness (QED) is 0.447. The fourth-order valence-electron chi connectivity index (χ4n) is 1.44. The smallest absolute Gasteiger partial charge is 0.257 e. The summed E-state index contributed by atoms with van der Waals surface area (Å²) in [6.45, 7) is 3.04. The van der Waals surface area contributed by atoms with Gasteiger partial charge >= 0.3 is 0 Å². The number of nitrogens with zero attached hydrogens (tertiary/aromatic N) is 2. The molecule has 1 saturated heterocycles. The molecule has 1 fully saturated rings. The fraction of sp³-hybridized carbons (Fsp3) is 1.00. The molecule has 5 nitrogen and oxygen atoms in total. The molecule has 70 valence electrons. The van der Waals surface area contributed by atoms with Crippen LogP contribution < -0.4 is 0 Å². The van der Waals surface area contributed by atoms with E-state index in [1.54, 1.807) is 0 Å². The summed E-state index contributed by atoms with van der Waals surface area (Å²) in [7, 11) is 1.83. The van der Waals surface area contributed by atoms with E-state index >= 15 is 0 Å². The van der Waals surface area contributed by atoms with Crippen molar-refractivity contribution in [3.05, 3.63) is 10.1 Å². The number of rotatable bonds is 2. The van der Waals surface area contributed by atoms with Gasteiger partial charge in [0.1, 0.15) is 6.61 Å². The lowest BCUT2D eigenvalue weighted by atomic mass is 9.97. The van der Waals surface area contributed by atoms with Crippen molar-refractivity contribution in [3.8, 4) is 0 Å².